The fraction of sp³-hybridized carbons (Fsp3) is 1.00. The fourth-order valence-corrected chi connectivity index (χ4v) is 1.29. The summed E-state index contributed by atoms with van der Waals surface area (Å²) in [4.78, 5) is 0. The number of hydrogen-bond acceptors (Lipinski definition) is 3. The quantitative estimate of drug-likeness (QED) is 0.489. The van der Waals surface area contributed by atoms with Gasteiger partial charge < -0.3 is 16.4 Å². The summed E-state index contributed by atoms with van der Waals surface area (Å²) in [5, 5.41) is 6.52. The molecule has 1 unspecified atom stereocenters. The standard InChI is InChI=1S/C7H17N3/c1-2-9-5-7(8)3-4-10-6-7/h9-10H,2-6,8H2,1H3. The van der Waals surface area contributed by atoms with Gasteiger partial charge in [0.1, 0.15) is 0 Å². The van der Waals surface area contributed by atoms with Gasteiger partial charge in [0.2, 0.25) is 0 Å². The summed E-state index contributed by atoms with van der Waals surface area (Å²) in [5.74, 6) is 0. The zero-order valence-corrected chi connectivity index (χ0v) is 6.61. The number of nitrogens with one attached hydrogen (secondary N) is 2. The van der Waals surface area contributed by atoms with Crippen LogP contribution in [0.15, 0.2) is 0 Å². The summed E-state index contributed by atoms with van der Waals surface area (Å²) in [6, 6.07) is 0. The zero-order chi connectivity index (χ0) is 7.45. The molecule has 4 N–H and O–H groups in total. The molecule has 3 nitrogen and oxygen atoms in total. The summed E-state index contributed by atoms with van der Waals surface area (Å²) < 4.78 is 0. The first kappa shape index (κ1) is 7.98. The van der Waals surface area contributed by atoms with Crippen molar-refractivity contribution in [1.29, 1.82) is 0 Å². The molecule has 0 amide bonds. The normalized spacial score (nSPS) is 33.0. The van der Waals surface area contributed by atoms with Crippen LogP contribution in [-0.4, -0.2) is 31.7 Å². The molecule has 1 rings (SSSR count). The molecule has 1 heterocycles. The van der Waals surface area contributed by atoms with Gasteiger partial charge in [-0.1, -0.05) is 6.92 Å². The first-order chi connectivity index (χ1) is 4.77. The molecule has 1 fully saturated rings. The van der Waals surface area contributed by atoms with Crippen molar-refractivity contribution >= 4 is 0 Å². The van der Waals surface area contributed by atoms with Gasteiger partial charge in [0.15, 0.2) is 0 Å². The Labute approximate surface area is 62.4 Å². The maximum absolute atomic E-state index is 6.02. The molecule has 0 aromatic rings. The minimum absolute atomic E-state index is 0.0238. The van der Waals surface area contributed by atoms with Gasteiger partial charge in [0, 0.05) is 18.6 Å². The van der Waals surface area contributed by atoms with Crippen molar-refractivity contribution in [2.45, 2.75) is 18.9 Å². The van der Waals surface area contributed by atoms with E-state index in [9.17, 15) is 0 Å². The topological polar surface area (TPSA) is 50.1 Å². The Morgan fingerprint density at radius 1 is 1.70 bits per heavy atom. The SMILES string of the molecule is CCNCC1(N)CCNC1. The Morgan fingerprint density at radius 3 is 3.00 bits per heavy atom. The lowest BCUT2D eigenvalue weighted by molar-refractivity contribution is 0.434. The van der Waals surface area contributed by atoms with Crippen molar-refractivity contribution in [3.8, 4) is 0 Å². The number of rotatable bonds is 3. The minimum atomic E-state index is 0.0238. The molecule has 3 heteroatoms. The van der Waals surface area contributed by atoms with Crippen molar-refractivity contribution in [3.63, 3.8) is 0 Å². The lowest BCUT2D eigenvalue weighted by Crippen LogP contribution is -2.50. The van der Waals surface area contributed by atoms with Gasteiger partial charge in [-0.2, -0.15) is 0 Å². The lowest BCUT2D eigenvalue weighted by atomic mass is 10.0. The van der Waals surface area contributed by atoms with Gasteiger partial charge >= 0.3 is 0 Å². The monoisotopic (exact) mass is 143 g/mol. The molecule has 1 saturated heterocycles. The number of nitrogens with two attached hydrogens (primary N) is 1. The van der Waals surface area contributed by atoms with Crippen LogP contribution in [0.25, 0.3) is 0 Å². The van der Waals surface area contributed by atoms with Crippen molar-refractivity contribution < 1.29 is 0 Å². The van der Waals surface area contributed by atoms with Crippen LogP contribution < -0.4 is 16.4 Å². The van der Waals surface area contributed by atoms with Crippen LogP contribution in [0.1, 0.15) is 13.3 Å². The Kier molecular flexibility index (Phi) is 2.65. The van der Waals surface area contributed by atoms with Crippen LogP contribution in [-0.2, 0) is 0 Å². The largest absolute Gasteiger partial charge is 0.323 e. The predicted octanol–water partition coefficient (Wildman–Crippen LogP) is -0.713. The van der Waals surface area contributed by atoms with E-state index >= 15 is 0 Å². The van der Waals surface area contributed by atoms with E-state index in [1.54, 1.807) is 0 Å². The molecule has 1 aliphatic heterocycles. The highest BCUT2D eigenvalue weighted by Crippen LogP contribution is 2.08. The third-order valence-corrected chi connectivity index (χ3v) is 2.00. The van der Waals surface area contributed by atoms with Gasteiger partial charge in [-0.3, -0.25) is 0 Å². The Balaban J connectivity index is 2.22. The molecule has 1 aliphatic rings. The Bertz CT molecular complexity index is 97.0. The third kappa shape index (κ3) is 1.94. The zero-order valence-electron chi connectivity index (χ0n) is 6.61. The van der Waals surface area contributed by atoms with Crippen LogP contribution in [0, 0.1) is 0 Å². The van der Waals surface area contributed by atoms with Crippen molar-refractivity contribution in [3.05, 3.63) is 0 Å². The van der Waals surface area contributed by atoms with E-state index in [1.807, 2.05) is 0 Å². The summed E-state index contributed by atoms with van der Waals surface area (Å²) >= 11 is 0. The lowest BCUT2D eigenvalue weighted by Gasteiger charge is -2.22. The highest BCUT2D eigenvalue weighted by Gasteiger charge is 2.27. The summed E-state index contributed by atoms with van der Waals surface area (Å²) in [6.45, 7) is 6.09. The number of likely N-dealkylation sites (N-methyl/N-ethyl adjacent to an activating group) is 1. The van der Waals surface area contributed by atoms with Crippen LogP contribution in [0.2, 0.25) is 0 Å². The maximum atomic E-state index is 6.02. The number of hydrogen-bond donors (Lipinski definition) is 3. The molecular formula is C7H17N3. The highest BCUT2D eigenvalue weighted by atomic mass is 15.0. The third-order valence-electron chi connectivity index (χ3n) is 2.00. The van der Waals surface area contributed by atoms with E-state index in [-0.39, 0.29) is 5.54 Å². The van der Waals surface area contributed by atoms with Gasteiger partial charge in [0.25, 0.3) is 0 Å². The van der Waals surface area contributed by atoms with Crippen molar-refractivity contribution in [2.24, 2.45) is 5.73 Å². The summed E-state index contributed by atoms with van der Waals surface area (Å²) in [6.07, 6.45) is 1.10. The molecule has 60 valence electrons. The van der Waals surface area contributed by atoms with Gasteiger partial charge in [-0.15, -0.1) is 0 Å². The van der Waals surface area contributed by atoms with E-state index < -0.39 is 0 Å². The average Bonchev–Trinajstić information content (AvgIpc) is 2.33. The van der Waals surface area contributed by atoms with Crippen LogP contribution in [0.3, 0.4) is 0 Å². The summed E-state index contributed by atoms with van der Waals surface area (Å²) in [7, 11) is 0. The van der Waals surface area contributed by atoms with Crippen LogP contribution in [0.4, 0.5) is 0 Å². The van der Waals surface area contributed by atoms with Gasteiger partial charge in [0.05, 0.1) is 0 Å². The van der Waals surface area contributed by atoms with Gasteiger partial charge in [-0.05, 0) is 19.5 Å². The van der Waals surface area contributed by atoms with E-state index in [4.69, 9.17) is 5.73 Å². The average molecular weight is 143 g/mol. The van der Waals surface area contributed by atoms with E-state index in [0.29, 0.717) is 0 Å². The molecule has 10 heavy (non-hydrogen) atoms. The first-order valence-electron chi connectivity index (χ1n) is 3.97. The van der Waals surface area contributed by atoms with E-state index in [0.717, 1.165) is 32.6 Å². The predicted molar refractivity (Wildman–Crippen MR) is 42.9 cm³/mol. The van der Waals surface area contributed by atoms with Crippen LogP contribution >= 0.6 is 0 Å². The van der Waals surface area contributed by atoms with Crippen molar-refractivity contribution in [2.75, 3.05) is 26.2 Å². The molecule has 0 saturated carbocycles. The first-order valence-corrected chi connectivity index (χ1v) is 3.97. The molecule has 0 aliphatic carbocycles. The second-order valence-corrected chi connectivity index (χ2v) is 3.07. The molecule has 0 spiro atoms. The van der Waals surface area contributed by atoms with E-state index in [1.165, 1.54) is 0 Å². The van der Waals surface area contributed by atoms with Gasteiger partial charge in [-0.25, -0.2) is 0 Å². The van der Waals surface area contributed by atoms with Crippen molar-refractivity contribution in [1.82, 2.24) is 10.6 Å². The molecular weight excluding hydrogens is 126 g/mol. The van der Waals surface area contributed by atoms with Crippen LogP contribution in [0.5, 0.6) is 0 Å². The Morgan fingerprint density at radius 2 is 2.50 bits per heavy atom. The molecule has 0 bridgehead atoms. The second kappa shape index (κ2) is 3.32. The molecule has 0 aromatic carbocycles. The molecule has 1 atom stereocenters. The molecule has 0 aromatic heterocycles. The fourth-order valence-electron chi connectivity index (χ4n) is 1.29. The second-order valence-electron chi connectivity index (χ2n) is 3.07. The summed E-state index contributed by atoms with van der Waals surface area (Å²) in [5.41, 5.74) is 6.04. The Hall–Kier alpha value is -0.120. The maximum Gasteiger partial charge on any atom is 0.0419 e. The molecule has 0 radical (unpaired) electrons. The van der Waals surface area contributed by atoms with E-state index in [2.05, 4.69) is 17.6 Å². The highest BCUT2D eigenvalue weighted by molar-refractivity contribution is 4.93. The minimum Gasteiger partial charge on any atom is -0.323 e. The smallest absolute Gasteiger partial charge is 0.0419 e.